The summed E-state index contributed by atoms with van der Waals surface area (Å²) < 4.78 is 14.2. The Morgan fingerprint density at radius 3 is 2.61 bits per heavy atom. The second-order valence-electron chi connectivity index (χ2n) is 7.58. The molecule has 0 bridgehead atoms. The lowest BCUT2D eigenvalue weighted by atomic mass is 9.85. The molecule has 0 spiro atoms. The predicted molar refractivity (Wildman–Crippen MR) is 107 cm³/mol. The number of aliphatic hydroxyl groups is 1. The number of fused-ring (bicyclic) bond motifs is 1. The molecule has 0 saturated heterocycles. The zero-order chi connectivity index (χ0) is 19.1. The predicted octanol–water partition coefficient (Wildman–Crippen LogP) is 4.43. The Hall–Kier alpha value is -2.57. The van der Waals surface area contributed by atoms with Crippen LogP contribution in [0.3, 0.4) is 0 Å². The molecule has 1 N–H and O–H groups in total. The van der Waals surface area contributed by atoms with Crippen molar-refractivity contribution in [1.82, 2.24) is 8.75 Å². The zero-order valence-electron chi connectivity index (χ0n) is 15.3. The van der Waals surface area contributed by atoms with Crippen LogP contribution in [0.2, 0.25) is 0 Å². The Kier molecular flexibility index (Phi) is 4.25. The molecule has 3 aromatic rings. The standard InChI is InChI=1S/C22H20N2O3S/c25-21-20(15-10-11-18-19(13-15)24-28-23-18)17(12-14-6-4-5-7-14)22(26,27-21)16-8-2-1-3-9-16/h1-3,8-11,13-14,26H,4-7,12H2. The van der Waals surface area contributed by atoms with E-state index >= 15 is 0 Å². The number of cyclic esters (lactones) is 1. The summed E-state index contributed by atoms with van der Waals surface area (Å²) in [5.41, 5.74) is 3.99. The molecule has 2 aliphatic rings. The first-order chi connectivity index (χ1) is 13.6. The maximum absolute atomic E-state index is 12.9. The number of ether oxygens (including phenoxy) is 1. The molecule has 1 aliphatic carbocycles. The van der Waals surface area contributed by atoms with Crippen molar-refractivity contribution in [3.05, 3.63) is 65.2 Å². The molecule has 1 atom stereocenters. The number of hydrogen-bond acceptors (Lipinski definition) is 6. The summed E-state index contributed by atoms with van der Waals surface area (Å²) in [5, 5.41) is 11.5. The molecule has 6 heteroatoms. The number of aromatic nitrogens is 2. The molecular formula is C22H20N2O3S. The van der Waals surface area contributed by atoms with Crippen molar-refractivity contribution in [3.8, 4) is 0 Å². The zero-order valence-corrected chi connectivity index (χ0v) is 16.1. The summed E-state index contributed by atoms with van der Waals surface area (Å²) in [4.78, 5) is 12.9. The molecule has 28 heavy (non-hydrogen) atoms. The van der Waals surface area contributed by atoms with Gasteiger partial charge in [-0.05, 0) is 30.0 Å². The molecule has 1 fully saturated rings. The van der Waals surface area contributed by atoms with E-state index in [1.54, 1.807) is 12.1 Å². The smallest absolute Gasteiger partial charge is 0.341 e. The minimum absolute atomic E-state index is 0.458. The topological polar surface area (TPSA) is 72.3 Å². The lowest BCUT2D eigenvalue weighted by Crippen LogP contribution is -2.29. The van der Waals surface area contributed by atoms with Gasteiger partial charge in [-0.2, -0.15) is 8.75 Å². The first-order valence-electron chi connectivity index (χ1n) is 9.63. The molecule has 1 unspecified atom stereocenters. The van der Waals surface area contributed by atoms with Crippen LogP contribution >= 0.6 is 11.7 Å². The number of rotatable bonds is 4. The van der Waals surface area contributed by atoms with E-state index in [0.29, 0.717) is 29.0 Å². The number of carbonyl (C=O) groups is 1. The van der Waals surface area contributed by atoms with Crippen molar-refractivity contribution in [1.29, 1.82) is 0 Å². The minimum atomic E-state index is -1.72. The average Bonchev–Trinajstić information content (AvgIpc) is 3.43. The van der Waals surface area contributed by atoms with E-state index in [2.05, 4.69) is 8.75 Å². The van der Waals surface area contributed by atoms with Crippen LogP contribution in [0.15, 0.2) is 54.1 Å². The van der Waals surface area contributed by atoms with Crippen LogP contribution in [-0.2, 0) is 15.3 Å². The van der Waals surface area contributed by atoms with Crippen molar-refractivity contribution in [2.24, 2.45) is 5.92 Å². The van der Waals surface area contributed by atoms with Crippen molar-refractivity contribution in [2.45, 2.75) is 37.9 Å². The molecule has 2 aromatic carbocycles. The largest absolute Gasteiger partial charge is 0.421 e. The van der Waals surface area contributed by atoms with Gasteiger partial charge < -0.3 is 9.84 Å². The Balaban J connectivity index is 1.67. The highest BCUT2D eigenvalue weighted by atomic mass is 32.1. The van der Waals surface area contributed by atoms with Crippen LogP contribution in [0.25, 0.3) is 16.6 Å². The van der Waals surface area contributed by atoms with Crippen LogP contribution in [0.4, 0.5) is 0 Å². The summed E-state index contributed by atoms with van der Waals surface area (Å²) in [6.07, 6.45) is 5.28. The fourth-order valence-electron chi connectivity index (χ4n) is 4.41. The first kappa shape index (κ1) is 17.5. The van der Waals surface area contributed by atoms with Gasteiger partial charge in [0.1, 0.15) is 11.0 Å². The molecule has 5 rings (SSSR count). The van der Waals surface area contributed by atoms with Crippen LogP contribution in [0.1, 0.15) is 43.2 Å². The quantitative estimate of drug-likeness (QED) is 0.665. The van der Waals surface area contributed by atoms with E-state index < -0.39 is 11.8 Å². The SMILES string of the molecule is O=C1OC(O)(c2ccccc2)C(CC2CCCC2)=C1c1ccc2nsnc2c1. The highest BCUT2D eigenvalue weighted by molar-refractivity contribution is 7.00. The maximum atomic E-state index is 12.9. The molecule has 0 amide bonds. The average molecular weight is 392 g/mol. The lowest BCUT2D eigenvalue weighted by Gasteiger charge is -2.27. The van der Waals surface area contributed by atoms with Gasteiger partial charge in [0.05, 0.1) is 17.3 Å². The van der Waals surface area contributed by atoms with Gasteiger partial charge in [0.15, 0.2) is 0 Å². The van der Waals surface area contributed by atoms with Crippen LogP contribution in [-0.4, -0.2) is 19.8 Å². The summed E-state index contributed by atoms with van der Waals surface area (Å²) in [6, 6.07) is 14.8. The third-order valence-corrected chi connectivity index (χ3v) is 6.39. The van der Waals surface area contributed by atoms with Gasteiger partial charge in [-0.1, -0.05) is 62.1 Å². The summed E-state index contributed by atoms with van der Waals surface area (Å²) in [6.45, 7) is 0. The van der Waals surface area contributed by atoms with Gasteiger partial charge in [0.2, 0.25) is 0 Å². The monoisotopic (exact) mass is 392 g/mol. The van der Waals surface area contributed by atoms with E-state index in [1.807, 2.05) is 36.4 Å². The van der Waals surface area contributed by atoms with Gasteiger partial charge in [0.25, 0.3) is 5.79 Å². The van der Waals surface area contributed by atoms with E-state index in [1.165, 1.54) is 12.8 Å². The first-order valence-corrected chi connectivity index (χ1v) is 10.4. The third-order valence-electron chi connectivity index (χ3n) is 5.83. The Morgan fingerprint density at radius 1 is 1.07 bits per heavy atom. The van der Waals surface area contributed by atoms with Gasteiger partial charge in [-0.3, -0.25) is 0 Å². The van der Waals surface area contributed by atoms with E-state index in [-0.39, 0.29) is 0 Å². The fraction of sp³-hybridized carbons (Fsp3) is 0.318. The van der Waals surface area contributed by atoms with Crippen LogP contribution in [0, 0.1) is 5.92 Å². The highest BCUT2D eigenvalue weighted by Gasteiger charge is 2.48. The van der Waals surface area contributed by atoms with E-state index in [0.717, 1.165) is 41.2 Å². The molecule has 5 nitrogen and oxygen atoms in total. The van der Waals surface area contributed by atoms with Crippen LogP contribution < -0.4 is 0 Å². The highest BCUT2D eigenvalue weighted by Crippen LogP contribution is 2.47. The number of hydrogen-bond donors (Lipinski definition) is 1. The summed E-state index contributed by atoms with van der Waals surface area (Å²) in [7, 11) is 0. The van der Waals surface area contributed by atoms with E-state index in [4.69, 9.17) is 4.74 Å². The van der Waals surface area contributed by atoms with E-state index in [9.17, 15) is 9.90 Å². The molecule has 2 heterocycles. The minimum Gasteiger partial charge on any atom is -0.421 e. The maximum Gasteiger partial charge on any atom is 0.341 e. The lowest BCUT2D eigenvalue weighted by molar-refractivity contribution is -0.185. The van der Waals surface area contributed by atoms with Gasteiger partial charge >= 0.3 is 5.97 Å². The normalized spacial score (nSPS) is 23.0. The van der Waals surface area contributed by atoms with Gasteiger partial charge in [-0.15, -0.1) is 0 Å². The van der Waals surface area contributed by atoms with Crippen molar-refractivity contribution >= 4 is 34.3 Å². The number of benzene rings is 2. The summed E-state index contributed by atoms with van der Waals surface area (Å²) in [5.74, 6) is -1.74. The Labute approximate surface area is 167 Å². The number of nitrogens with zero attached hydrogens (tertiary/aromatic N) is 2. The molecule has 1 saturated carbocycles. The Morgan fingerprint density at radius 2 is 1.82 bits per heavy atom. The Bertz CT molecular complexity index is 1070. The van der Waals surface area contributed by atoms with Gasteiger partial charge in [0, 0.05) is 11.1 Å². The van der Waals surface area contributed by atoms with Gasteiger partial charge in [-0.25, -0.2) is 4.79 Å². The number of esters is 1. The second-order valence-corrected chi connectivity index (χ2v) is 8.10. The summed E-state index contributed by atoms with van der Waals surface area (Å²) >= 11 is 1.15. The number of carbonyl (C=O) groups excluding carboxylic acids is 1. The third kappa shape index (κ3) is 2.84. The van der Waals surface area contributed by atoms with Crippen molar-refractivity contribution in [3.63, 3.8) is 0 Å². The fourth-order valence-corrected chi connectivity index (χ4v) is 4.93. The van der Waals surface area contributed by atoms with Crippen LogP contribution in [0.5, 0.6) is 0 Å². The molecule has 0 radical (unpaired) electrons. The van der Waals surface area contributed by atoms with Crippen molar-refractivity contribution < 1.29 is 14.6 Å². The molecule has 142 valence electrons. The molecule has 1 aromatic heterocycles. The molecule has 1 aliphatic heterocycles. The molecular weight excluding hydrogens is 372 g/mol. The van der Waals surface area contributed by atoms with Crippen molar-refractivity contribution in [2.75, 3.05) is 0 Å². The second kappa shape index (κ2) is 6.79.